The van der Waals surface area contributed by atoms with Crippen molar-refractivity contribution in [3.8, 4) is 28.6 Å². The topological polar surface area (TPSA) is 78.3 Å². The lowest BCUT2D eigenvalue weighted by molar-refractivity contribution is -0.119. The lowest BCUT2D eigenvalue weighted by atomic mass is 10.1. The number of hydrogen-bond acceptors (Lipinski definition) is 6. The van der Waals surface area contributed by atoms with Crippen LogP contribution in [0.5, 0.6) is 11.5 Å². The fourth-order valence-electron chi connectivity index (χ4n) is 3.49. The minimum atomic E-state index is -0.0800. The number of nitrogens with one attached hydrogen (secondary N) is 1. The van der Waals surface area contributed by atoms with Crippen molar-refractivity contribution in [1.29, 1.82) is 0 Å². The quantitative estimate of drug-likeness (QED) is 0.347. The van der Waals surface area contributed by atoms with Gasteiger partial charge in [0.1, 0.15) is 11.5 Å². The molecule has 7 nitrogen and oxygen atoms in total. The van der Waals surface area contributed by atoms with E-state index in [1.807, 2.05) is 90.4 Å². The zero-order valence-corrected chi connectivity index (χ0v) is 20.1. The molecule has 4 aromatic rings. The molecule has 0 aliphatic heterocycles. The highest BCUT2D eigenvalue weighted by atomic mass is 32.2. The maximum Gasteiger partial charge on any atom is 0.230 e. The van der Waals surface area contributed by atoms with Gasteiger partial charge < -0.3 is 14.8 Å². The van der Waals surface area contributed by atoms with Gasteiger partial charge in [0.2, 0.25) is 5.91 Å². The Morgan fingerprint density at radius 1 is 0.912 bits per heavy atom. The van der Waals surface area contributed by atoms with Crippen LogP contribution in [0.2, 0.25) is 0 Å². The molecule has 4 rings (SSSR count). The van der Waals surface area contributed by atoms with Crippen molar-refractivity contribution < 1.29 is 14.3 Å². The smallest absolute Gasteiger partial charge is 0.230 e. The summed E-state index contributed by atoms with van der Waals surface area (Å²) in [5, 5.41) is 12.5. The highest BCUT2D eigenvalue weighted by Gasteiger charge is 2.18. The maximum atomic E-state index is 12.7. The van der Waals surface area contributed by atoms with Gasteiger partial charge in [-0.15, -0.1) is 10.2 Å². The minimum absolute atomic E-state index is 0.0726. The molecule has 1 aromatic heterocycles. The summed E-state index contributed by atoms with van der Waals surface area (Å²) in [5.41, 5.74) is 2.82. The van der Waals surface area contributed by atoms with Gasteiger partial charge in [0.05, 0.1) is 26.0 Å². The second kappa shape index (κ2) is 10.9. The zero-order valence-electron chi connectivity index (χ0n) is 19.3. The van der Waals surface area contributed by atoms with E-state index in [9.17, 15) is 4.79 Å². The highest BCUT2D eigenvalue weighted by molar-refractivity contribution is 7.99. The van der Waals surface area contributed by atoms with E-state index >= 15 is 0 Å². The molecule has 1 N–H and O–H groups in total. The molecular formula is C26H26N4O3S. The lowest BCUT2D eigenvalue weighted by Gasteiger charge is -2.14. The zero-order chi connectivity index (χ0) is 23.9. The molecule has 3 aromatic carbocycles. The molecule has 0 radical (unpaired) electrons. The van der Waals surface area contributed by atoms with E-state index in [0.29, 0.717) is 11.0 Å². The summed E-state index contributed by atoms with van der Waals surface area (Å²) in [5.74, 6) is 2.34. The molecular weight excluding hydrogens is 448 g/mol. The van der Waals surface area contributed by atoms with Crippen molar-refractivity contribution in [1.82, 2.24) is 20.1 Å². The Morgan fingerprint density at radius 2 is 1.53 bits per heavy atom. The Hall–Kier alpha value is -3.78. The van der Waals surface area contributed by atoms with Crippen LogP contribution in [0.25, 0.3) is 17.1 Å². The van der Waals surface area contributed by atoms with Crippen molar-refractivity contribution in [3.63, 3.8) is 0 Å². The number of carbonyl (C=O) groups is 1. The Labute approximate surface area is 203 Å². The van der Waals surface area contributed by atoms with Crippen LogP contribution in [0.3, 0.4) is 0 Å². The first-order chi connectivity index (χ1) is 16.6. The van der Waals surface area contributed by atoms with Gasteiger partial charge >= 0.3 is 0 Å². The van der Waals surface area contributed by atoms with E-state index in [-0.39, 0.29) is 17.7 Å². The van der Waals surface area contributed by atoms with E-state index in [0.717, 1.165) is 28.3 Å². The number of amides is 1. The molecule has 0 aliphatic carbocycles. The SMILES string of the molecule is COc1ccc(-c2nnc(SCC(=O)NC(C)c3ccccc3)n2-c2ccc(OC)cc2)cc1. The minimum Gasteiger partial charge on any atom is -0.497 e. The summed E-state index contributed by atoms with van der Waals surface area (Å²) in [4.78, 5) is 12.7. The standard InChI is InChI=1S/C26H26N4O3S/c1-18(19-7-5-4-6-8-19)27-24(31)17-34-26-29-28-25(20-9-13-22(32-2)14-10-20)30(26)21-11-15-23(33-3)16-12-21/h4-16,18H,17H2,1-3H3,(H,27,31). The second-order valence-corrected chi connectivity index (χ2v) is 8.50. The molecule has 0 fully saturated rings. The number of benzene rings is 3. The van der Waals surface area contributed by atoms with Crippen molar-refractivity contribution >= 4 is 17.7 Å². The van der Waals surface area contributed by atoms with E-state index in [4.69, 9.17) is 9.47 Å². The lowest BCUT2D eigenvalue weighted by Crippen LogP contribution is -2.28. The van der Waals surface area contributed by atoms with E-state index in [1.54, 1.807) is 14.2 Å². The molecule has 0 saturated carbocycles. The third-order valence-electron chi connectivity index (χ3n) is 5.32. The van der Waals surface area contributed by atoms with Gasteiger partial charge in [-0.1, -0.05) is 42.1 Å². The van der Waals surface area contributed by atoms with Crippen LogP contribution in [-0.4, -0.2) is 40.6 Å². The number of thioether (sulfide) groups is 1. The largest absolute Gasteiger partial charge is 0.497 e. The Bertz CT molecular complexity index is 1230. The van der Waals surface area contributed by atoms with Crippen LogP contribution < -0.4 is 14.8 Å². The van der Waals surface area contributed by atoms with E-state index in [2.05, 4.69) is 15.5 Å². The van der Waals surface area contributed by atoms with Gasteiger partial charge in [-0.25, -0.2) is 0 Å². The number of aromatic nitrogens is 3. The van der Waals surface area contributed by atoms with Gasteiger partial charge in [0, 0.05) is 11.3 Å². The highest BCUT2D eigenvalue weighted by Crippen LogP contribution is 2.30. The van der Waals surface area contributed by atoms with E-state index in [1.165, 1.54) is 11.8 Å². The first kappa shape index (κ1) is 23.4. The van der Waals surface area contributed by atoms with Crippen molar-refractivity contribution in [2.75, 3.05) is 20.0 Å². The number of carbonyl (C=O) groups excluding carboxylic acids is 1. The predicted octanol–water partition coefficient (Wildman–Crippen LogP) is 4.92. The fourth-order valence-corrected chi connectivity index (χ4v) is 4.26. The fraction of sp³-hybridized carbons (Fsp3) is 0.192. The van der Waals surface area contributed by atoms with Crippen molar-refractivity contribution in [2.45, 2.75) is 18.1 Å². The second-order valence-electron chi connectivity index (χ2n) is 7.56. The molecule has 0 saturated heterocycles. The first-order valence-corrected chi connectivity index (χ1v) is 11.8. The molecule has 34 heavy (non-hydrogen) atoms. The van der Waals surface area contributed by atoms with Crippen LogP contribution in [0.15, 0.2) is 84.0 Å². The van der Waals surface area contributed by atoms with Crippen molar-refractivity contribution in [2.24, 2.45) is 0 Å². The van der Waals surface area contributed by atoms with Crippen molar-refractivity contribution in [3.05, 3.63) is 84.4 Å². The number of hydrogen-bond donors (Lipinski definition) is 1. The molecule has 1 unspecified atom stereocenters. The van der Waals surface area contributed by atoms with Crippen LogP contribution in [0, 0.1) is 0 Å². The molecule has 174 valence electrons. The van der Waals surface area contributed by atoms with Gasteiger partial charge in [0.25, 0.3) is 0 Å². The normalized spacial score (nSPS) is 11.6. The third kappa shape index (κ3) is 5.40. The third-order valence-corrected chi connectivity index (χ3v) is 6.25. The van der Waals surface area contributed by atoms with Gasteiger partial charge in [-0.2, -0.15) is 0 Å². The molecule has 1 atom stereocenters. The summed E-state index contributed by atoms with van der Waals surface area (Å²) in [6, 6.07) is 25.1. The molecule has 8 heteroatoms. The number of methoxy groups -OCH3 is 2. The Kier molecular flexibility index (Phi) is 7.49. The summed E-state index contributed by atoms with van der Waals surface area (Å²) in [6.45, 7) is 1.97. The van der Waals surface area contributed by atoms with Gasteiger partial charge in [-0.05, 0) is 61.0 Å². The molecule has 0 aliphatic rings. The van der Waals surface area contributed by atoms with Gasteiger partial charge in [0.15, 0.2) is 11.0 Å². The van der Waals surface area contributed by atoms with E-state index < -0.39 is 0 Å². The van der Waals surface area contributed by atoms with Crippen LogP contribution in [-0.2, 0) is 4.79 Å². The molecule has 1 heterocycles. The number of rotatable bonds is 9. The average molecular weight is 475 g/mol. The van der Waals surface area contributed by atoms with Gasteiger partial charge in [-0.3, -0.25) is 9.36 Å². The summed E-state index contributed by atoms with van der Waals surface area (Å²) < 4.78 is 12.5. The average Bonchev–Trinajstić information content (AvgIpc) is 3.32. The summed E-state index contributed by atoms with van der Waals surface area (Å²) >= 11 is 1.34. The molecule has 0 spiro atoms. The summed E-state index contributed by atoms with van der Waals surface area (Å²) in [7, 11) is 3.26. The van der Waals surface area contributed by atoms with Crippen LogP contribution in [0.4, 0.5) is 0 Å². The van der Waals surface area contributed by atoms with Crippen LogP contribution in [0.1, 0.15) is 18.5 Å². The predicted molar refractivity (Wildman–Crippen MR) is 134 cm³/mol. The summed E-state index contributed by atoms with van der Waals surface area (Å²) in [6.07, 6.45) is 0. The monoisotopic (exact) mass is 474 g/mol. The molecule has 1 amide bonds. The number of ether oxygens (including phenoxy) is 2. The maximum absolute atomic E-state index is 12.7. The first-order valence-electron chi connectivity index (χ1n) is 10.8. The molecule has 0 bridgehead atoms. The van der Waals surface area contributed by atoms with Crippen LogP contribution >= 0.6 is 11.8 Å². The Balaban J connectivity index is 1.57. The Morgan fingerprint density at radius 3 is 2.15 bits per heavy atom. The number of nitrogens with zero attached hydrogens (tertiary/aromatic N) is 3.